The van der Waals surface area contributed by atoms with E-state index in [0.717, 1.165) is 31.8 Å². The van der Waals surface area contributed by atoms with E-state index in [4.69, 9.17) is 14.6 Å². The number of hydrogen-bond acceptors (Lipinski definition) is 5. The smallest absolute Gasteiger partial charge is 0.161 e. The molecule has 0 fully saturated rings. The van der Waals surface area contributed by atoms with E-state index in [9.17, 15) is 10.2 Å². The third kappa shape index (κ3) is 5.43. The van der Waals surface area contributed by atoms with E-state index >= 15 is 0 Å². The summed E-state index contributed by atoms with van der Waals surface area (Å²) in [5.74, 6) is 1.03. The molecule has 0 saturated heterocycles. The second-order valence-electron chi connectivity index (χ2n) is 7.41. The number of phenolic OH excluding ortho intramolecular Hbond substituents is 2. The van der Waals surface area contributed by atoms with Crippen LogP contribution >= 0.6 is 22.6 Å². The van der Waals surface area contributed by atoms with Gasteiger partial charge < -0.3 is 19.7 Å². The Kier molecular flexibility index (Phi) is 7.22. The van der Waals surface area contributed by atoms with Crippen molar-refractivity contribution in [1.82, 2.24) is 9.78 Å². The molecule has 172 valence electrons. The highest BCUT2D eigenvalue weighted by atomic mass is 125. The Bertz CT molecular complexity index is 1360. The molecule has 1 aromatic heterocycles. The van der Waals surface area contributed by atoms with Gasteiger partial charge in [0.1, 0.15) is 0 Å². The van der Waals surface area contributed by atoms with Gasteiger partial charge in [0.2, 0.25) is 0 Å². The maximum absolute atomic E-state index is 9.85. The van der Waals surface area contributed by atoms with E-state index in [1.807, 2.05) is 71.5 Å². The summed E-state index contributed by atoms with van der Waals surface area (Å²) in [6.45, 7) is 0. The number of hydrogen-bond donors (Lipinski definition) is 2. The molecule has 0 amide bonds. The minimum absolute atomic E-state index is 0.0981. The fourth-order valence-corrected chi connectivity index (χ4v) is 3.72. The minimum atomic E-state index is 0.0981. The maximum atomic E-state index is 9.85. The summed E-state index contributed by atoms with van der Waals surface area (Å²) in [5.41, 5.74) is 4.36. The monoisotopic (exact) mass is 564 g/mol. The maximum Gasteiger partial charge on any atom is 0.161 e. The number of aromatic hydroxyl groups is 2. The van der Waals surface area contributed by atoms with Gasteiger partial charge >= 0.3 is 0 Å². The van der Waals surface area contributed by atoms with Gasteiger partial charge in [-0.25, -0.2) is 4.68 Å². The van der Waals surface area contributed by atoms with E-state index in [0.29, 0.717) is 11.5 Å². The molecule has 0 spiro atoms. The second-order valence-corrected chi connectivity index (χ2v) is 8.66. The van der Waals surface area contributed by atoms with Gasteiger partial charge in [-0.1, -0.05) is 24.3 Å². The van der Waals surface area contributed by atoms with Crippen LogP contribution in [0.1, 0.15) is 22.5 Å². The van der Waals surface area contributed by atoms with Crippen molar-refractivity contribution in [3.05, 3.63) is 92.8 Å². The van der Waals surface area contributed by atoms with Crippen LogP contribution in [0.5, 0.6) is 23.0 Å². The van der Waals surface area contributed by atoms with Gasteiger partial charge in [-0.3, -0.25) is 0 Å². The standard InChI is InChI=1S/C27H23IN2O4/c1-33-26-15-18(5-13-24(26)31)3-9-21-17-23(30(29-21)22-11-7-20(28)8-12-22)10-4-19-6-14-25(32)27(16-19)34-2/h3-17,31-32H,1-2H3/b9-3+,10-4+/i28-2. The molecule has 0 unspecified atom stereocenters. The highest BCUT2D eigenvalue weighted by molar-refractivity contribution is 14.1. The molecule has 2 N–H and O–H groups in total. The van der Waals surface area contributed by atoms with Crippen LogP contribution in [0.3, 0.4) is 0 Å². The third-order valence-electron chi connectivity index (χ3n) is 5.13. The molecule has 7 heteroatoms. The molecule has 6 nitrogen and oxygen atoms in total. The number of ether oxygens (including phenoxy) is 2. The minimum Gasteiger partial charge on any atom is -0.504 e. The average molecular weight is 564 g/mol. The molecule has 1 heterocycles. The van der Waals surface area contributed by atoms with Gasteiger partial charge in [-0.15, -0.1) is 0 Å². The SMILES string of the molecule is COc1cc(/C=C/c2cc(/C=C/c3ccc(O)c(OC)c3)n(-c3ccc([125I])cc3)n2)ccc1O. The number of aromatic nitrogens is 2. The number of benzene rings is 3. The topological polar surface area (TPSA) is 76.7 Å². The van der Waals surface area contributed by atoms with Crippen molar-refractivity contribution in [3.63, 3.8) is 0 Å². The second kappa shape index (κ2) is 10.5. The van der Waals surface area contributed by atoms with Crippen LogP contribution in [0, 0.1) is 3.57 Å². The first kappa shape index (κ1) is 23.4. The first-order valence-electron chi connectivity index (χ1n) is 10.4. The van der Waals surface area contributed by atoms with Crippen molar-refractivity contribution in [2.24, 2.45) is 0 Å². The summed E-state index contributed by atoms with van der Waals surface area (Å²) in [6.07, 6.45) is 7.75. The van der Waals surface area contributed by atoms with Crippen LogP contribution in [-0.4, -0.2) is 34.2 Å². The van der Waals surface area contributed by atoms with Crippen molar-refractivity contribution in [3.8, 4) is 28.7 Å². The van der Waals surface area contributed by atoms with Gasteiger partial charge in [0.05, 0.1) is 31.3 Å². The zero-order chi connectivity index (χ0) is 24.1. The molecule has 0 aliphatic heterocycles. The largest absolute Gasteiger partial charge is 0.504 e. The van der Waals surface area contributed by atoms with Crippen LogP contribution in [0.15, 0.2) is 66.7 Å². The number of phenols is 2. The summed E-state index contributed by atoms with van der Waals surface area (Å²) in [6, 6.07) is 20.5. The summed E-state index contributed by atoms with van der Waals surface area (Å²) in [5, 5.41) is 24.4. The van der Waals surface area contributed by atoms with Gasteiger partial charge in [0.15, 0.2) is 23.0 Å². The zero-order valence-corrected chi connectivity index (χ0v) is 20.8. The quantitative estimate of drug-likeness (QED) is 0.260. The van der Waals surface area contributed by atoms with Crippen molar-refractivity contribution in [2.45, 2.75) is 0 Å². The molecule has 3 aromatic carbocycles. The fourth-order valence-electron chi connectivity index (χ4n) is 3.36. The van der Waals surface area contributed by atoms with E-state index in [1.54, 1.807) is 24.3 Å². The number of rotatable bonds is 7. The predicted molar refractivity (Wildman–Crippen MR) is 143 cm³/mol. The van der Waals surface area contributed by atoms with Gasteiger partial charge in [-0.2, -0.15) is 5.10 Å². The van der Waals surface area contributed by atoms with E-state index in [1.165, 1.54) is 14.2 Å². The van der Waals surface area contributed by atoms with Crippen LogP contribution in [0.2, 0.25) is 0 Å². The molecule has 0 atom stereocenters. The molecule has 0 aliphatic rings. The summed E-state index contributed by atoms with van der Waals surface area (Å²) in [7, 11) is 3.05. The van der Waals surface area contributed by atoms with Crippen LogP contribution in [0.25, 0.3) is 30.0 Å². The first-order valence-corrected chi connectivity index (χ1v) is 11.5. The Hall–Kier alpha value is -3.72. The summed E-state index contributed by atoms with van der Waals surface area (Å²) < 4.78 is 13.4. The van der Waals surface area contributed by atoms with E-state index < -0.39 is 0 Å². The first-order chi connectivity index (χ1) is 16.5. The average Bonchev–Trinajstić information content (AvgIpc) is 3.26. The van der Waals surface area contributed by atoms with Gasteiger partial charge in [0, 0.05) is 3.57 Å². The third-order valence-corrected chi connectivity index (χ3v) is 5.85. The van der Waals surface area contributed by atoms with Crippen LogP contribution in [0.4, 0.5) is 0 Å². The molecular formula is C27H23IN2O4. The molecule has 0 bridgehead atoms. The Balaban J connectivity index is 1.69. The molecule has 0 aliphatic carbocycles. The molecule has 4 aromatic rings. The predicted octanol–water partition coefficient (Wildman–Crippen LogP) is 6.25. The normalized spacial score (nSPS) is 11.4. The Morgan fingerprint density at radius 1 is 0.735 bits per heavy atom. The molecule has 0 saturated carbocycles. The summed E-state index contributed by atoms with van der Waals surface area (Å²) >= 11 is 2.28. The lowest BCUT2D eigenvalue weighted by atomic mass is 10.1. The van der Waals surface area contributed by atoms with Crippen molar-refractivity contribution >= 4 is 46.9 Å². The van der Waals surface area contributed by atoms with Crippen molar-refractivity contribution in [1.29, 1.82) is 0 Å². The highest BCUT2D eigenvalue weighted by Crippen LogP contribution is 2.28. The Morgan fingerprint density at radius 3 is 1.85 bits per heavy atom. The lowest BCUT2D eigenvalue weighted by molar-refractivity contribution is 0.373. The lowest BCUT2D eigenvalue weighted by Gasteiger charge is -2.05. The lowest BCUT2D eigenvalue weighted by Crippen LogP contribution is -1.98. The van der Waals surface area contributed by atoms with Crippen molar-refractivity contribution in [2.75, 3.05) is 14.2 Å². The molecule has 4 rings (SSSR count). The fraction of sp³-hybridized carbons (Fsp3) is 0.0741. The number of halogens is 1. The van der Waals surface area contributed by atoms with Crippen molar-refractivity contribution < 1.29 is 19.7 Å². The van der Waals surface area contributed by atoms with Crippen LogP contribution < -0.4 is 9.47 Å². The number of methoxy groups -OCH3 is 2. The molecular weight excluding hydrogens is 541 g/mol. The highest BCUT2D eigenvalue weighted by Gasteiger charge is 2.08. The summed E-state index contributed by atoms with van der Waals surface area (Å²) in [4.78, 5) is 0. The van der Waals surface area contributed by atoms with Gasteiger partial charge in [-0.05, 0) is 100 Å². The molecule has 0 radical (unpaired) electrons. The zero-order valence-electron chi connectivity index (χ0n) is 18.6. The molecule has 34 heavy (non-hydrogen) atoms. The number of nitrogens with zero attached hydrogens (tertiary/aromatic N) is 2. The Labute approximate surface area is 211 Å². The van der Waals surface area contributed by atoms with E-state index in [-0.39, 0.29) is 11.5 Å². The van der Waals surface area contributed by atoms with Crippen LogP contribution in [-0.2, 0) is 0 Å². The van der Waals surface area contributed by atoms with Gasteiger partial charge in [0.25, 0.3) is 0 Å². The van der Waals surface area contributed by atoms with E-state index in [2.05, 4.69) is 22.6 Å². The Morgan fingerprint density at radius 2 is 1.29 bits per heavy atom.